The zero-order valence-corrected chi connectivity index (χ0v) is 57.4. The topological polar surface area (TPSA) is 276 Å². The Labute approximate surface area is 570 Å². The number of amides is 6. The van der Waals surface area contributed by atoms with Crippen LogP contribution in [0.5, 0.6) is 23.0 Å². The fourth-order valence-corrected chi connectivity index (χ4v) is 12.3. The first kappa shape index (κ1) is 74.7. The van der Waals surface area contributed by atoms with E-state index in [9.17, 15) is 33.9 Å². The van der Waals surface area contributed by atoms with Crippen molar-refractivity contribution in [2.45, 2.75) is 155 Å². The predicted molar refractivity (Wildman–Crippen MR) is 369 cm³/mol. The third-order valence-electron chi connectivity index (χ3n) is 17.5. The van der Waals surface area contributed by atoms with E-state index in [1.807, 2.05) is 58.2 Å². The average Bonchev–Trinajstić information content (AvgIpc) is 0.921. The zero-order chi connectivity index (χ0) is 69.1. The number of aliphatic hydroxyl groups is 1. The summed E-state index contributed by atoms with van der Waals surface area (Å²) < 4.78 is 52.2. The fraction of sp³-hybridized carbons (Fsp3) is 0.548. The molecule has 0 saturated heterocycles. The van der Waals surface area contributed by atoms with Gasteiger partial charge in [-0.25, -0.2) is 9.69 Å². The van der Waals surface area contributed by atoms with E-state index in [1.165, 1.54) is 69.8 Å². The van der Waals surface area contributed by atoms with Crippen molar-refractivity contribution >= 4 is 58.9 Å². The van der Waals surface area contributed by atoms with Crippen LogP contribution in [0.1, 0.15) is 144 Å². The smallest absolute Gasteiger partial charge is 0.416 e. The highest BCUT2D eigenvalue weighted by Gasteiger charge is 2.45. The van der Waals surface area contributed by atoms with E-state index in [0.717, 1.165) is 28.9 Å². The number of nitrogens with zero attached hydrogens (tertiary/aromatic N) is 4. The number of allylic oxidation sites excluding steroid dienone is 4. The minimum absolute atomic E-state index is 0.0410. The Kier molecular flexibility index (Phi) is 29.8. The van der Waals surface area contributed by atoms with Gasteiger partial charge in [0.05, 0.1) is 114 Å². The quantitative estimate of drug-likeness (QED) is 0.0339. The number of aliphatic imine (C=N–C) groups is 1. The Morgan fingerprint density at radius 1 is 0.660 bits per heavy atom. The first-order valence-corrected chi connectivity index (χ1v) is 34.3. The van der Waals surface area contributed by atoms with E-state index in [-0.39, 0.29) is 78.7 Å². The van der Waals surface area contributed by atoms with Crippen LogP contribution in [0.2, 0.25) is 0 Å². The third-order valence-corrected chi connectivity index (χ3v) is 17.5. The number of hydrogen-bond acceptors (Lipinski definition) is 18. The summed E-state index contributed by atoms with van der Waals surface area (Å²) in [6, 6.07) is 10.4. The fourth-order valence-electron chi connectivity index (χ4n) is 12.3. The summed E-state index contributed by atoms with van der Waals surface area (Å²) in [4.78, 5) is 90.5. The van der Waals surface area contributed by atoms with Gasteiger partial charge in [-0.2, -0.15) is 0 Å². The SMILES string of the molecule is C/C=C/C1=CN2C(=O)c3cc(OC)c(OCCCOc4cc5c(cc4OC)C(=O)N4C=C(/C=C/C)C[C@H]4[C@H](O)N5C(=O)OCc4ccc(NC(=O)[C@H](C)NC(=O)[C@@H](NCCCOCCOCCOCCOCCNC(=O)CC5CCCCCCCC5)C(C)C)cc4)cc3N=C[C@@H]2C1. The number of aliphatic hydroxyl groups excluding tert-OH is 1. The third kappa shape index (κ3) is 21.7. The molecule has 5 atom stereocenters. The van der Waals surface area contributed by atoms with Crippen molar-refractivity contribution in [1.29, 1.82) is 0 Å². The molecule has 5 aliphatic rings. The summed E-state index contributed by atoms with van der Waals surface area (Å²) in [6.07, 6.45) is 22.9. The Morgan fingerprint density at radius 2 is 1.25 bits per heavy atom. The molecule has 4 aliphatic heterocycles. The van der Waals surface area contributed by atoms with Gasteiger partial charge in [0, 0.05) is 62.4 Å². The second-order valence-electron chi connectivity index (χ2n) is 25.1. The normalized spacial score (nSPS) is 18.6. The van der Waals surface area contributed by atoms with Crippen molar-refractivity contribution in [3.05, 3.63) is 113 Å². The maximum Gasteiger partial charge on any atom is 0.416 e. The lowest BCUT2D eigenvalue weighted by Gasteiger charge is -2.31. The van der Waals surface area contributed by atoms with Crippen molar-refractivity contribution < 1.29 is 76.5 Å². The van der Waals surface area contributed by atoms with Crippen LogP contribution >= 0.6 is 0 Å². The summed E-state index contributed by atoms with van der Waals surface area (Å²) in [6.45, 7) is 13.8. The molecule has 1 aliphatic carbocycles. The van der Waals surface area contributed by atoms with Crippen molar-refractivity contribution in [3.8, 4) is 23.0 Å². The second-order valence-corrected chi connectivity index (χ2v) is 25.1. The molecule has 528 valence electrons. The summed E-state index contributed by atoms with van der Waals surface area (Å²) >= 11 is 0. The molecular weight excluding hydrogens is 1240 g/mol. The molecule has 3 aromatic carbocycles. The Hall–Kier alpha value is -8.13. The summed E-state index contributed by atoms with van der Waals surface area (Å²) in [5, 5.41) is 24.1. The van der Waals surface area contributed by atoms with Gasteiger partial charge in [-0.05, 0) is 112 Å². The first-order chi connectivity index (χ1) is 47.1. The molecule has 1 fully saturated rings. The van der Waals surface area contributed by atoms with Crippen LogP contribution < -0.4 is 45.1 Å². The van der Waals surface area contributed by atoms with E-state index in [2.05, 4.69) is 26.3 Å². The molecule has 1 saturated carbocycles. The minimum atomic E-state index is -1.56. The van der Waals surface area contributed by atoms with Gasteiger partial charge in [-0.1, -0.05) is 88.8 Å². The largest absolute Gasteiger partial charge is 0.493 e. The number of carbonyl (C=O) groups excluding carboxylic acids is 6. The Morgan fingerprint density at radius 3 is 1.89 bits per heavy atom. The average molecular weight is 1350 g/mol. The van der Waals surface area contributed by atoms with Gasteiger partial charge in [-0.3, -0.25) is 29.0 Å². The predicted octanol–water partition coefficient (Wildman–Crippen LogP) is 9.86. The standard InChI is InChI=1S/C73H100N8O16/c1-8-18-53-38-56-45-76-59-43-64(62(89-6)41-57(59)70(85)79(56)46-53)95-29-17-30-96-65-44-60-58(42-63(65)90-7)71(86)80-47-54(19-9-2)39-61(80)72(87)81(60)73(88)97-48-52-22-24-55(25-23-52)78-68(83)50(5)77-69(84)67(49(3)4)75-26-16-28-91-32-34-93-36-37-94-35-33-92-31-27-74-66(82)40-51-20-14-12-10-11-13-15-21-51/h8-9,18-19,22-25,41-47,49-51,56,61,67,72,75,87H,10-17,20-21,26-40,48H2,1-7H3,(H,74,82)(H,77,84)(H,78,83)/b18-8+,19-9+/t50-,56-,61-,67-,72-/m0/s1. The highest BCUT2D eigenvalue weighted by Crippen LogP contribution is 2.43. The lowest BCUT2D eigenvalue weighted by molar-refractivity contribution is -0.128. The van der Waals surface area contributed by atoms with Gasteiger partial charge in [0.1, 0.15) is 12.6 Å². The van der Waals surface area contributed by atoms with E-state index in [4.69, 9.17) is 42.6 Å². The maximum absolute atomic E-state index is 14.4. The number of fused-ring (bicyclic) bond motifs is 4. The molecule has 0 bridgehead atoms. The molecule has 8 rings (SSSR count). The van der Waals surface area contributed by atoms with Crippen molar-refractivity contribution in [3.63, 3.8) is 0 Å². The number of nitrogens with one attached hydrogen (secondary N) is 4. The second kappa shape index (κ2) is 38.7. The summed E-state index contributed by atoms with van der Waals surface area (Å²) in [5.41, 5.74) is 3.76. The molecular formula is C73H100N8O16. The Balaban J connectivity index is 0.744. The van der Waals surface area contributed by atoms with Crippen LogP contribution in [0.15, 0.2) is 101 Å². The van der Waals surface area contributed by atoms with Crippen LogP contribution in [0.4, 0.5) is 21.9 Å². The van der Waals surface area contributed by atoms with Gasteiger partial charge < -0.3 is 78.8 Å². The van der Waals surface area contributed by atoms with Crippen LogP contribution in [0.3, 0.4) is 0 Å². The number of ether oxygens (including phenoxy) is 9. The molecule has 6 amide bonds. The monoisotopic (exact) mass is 1340 g/mol. The molecule has 4 heterocycles. The van der Waals surface area contributed by atoms with Crippen LogP contribution in [-0.4, -0.2) is 181 Å². The Bertz CT molecular complexity index is 3270. The van der Waals surface area contributed by atoms with Crippen LogP contribution in [-0.2, 0) is 44.7 Å². The molecule has 0 unspecified atom stereocenters. The molecule has 24 heteroatoms. The highest BCUT2D eigenvalue weighted by atomic mass is 16.6. The zero-order valence-electron chi connectivity index (χ0n) is 57.4. The molecule has 0 radical (unpaired) electrons. The van der Waals surface area contributed by atoms with Crippen molar-refractivity contribution in [2.24, 2.45) is 16.8 Å². The number of methoxy groups -OCH3 is 2. The van der Waals surface area contributed by atoms with Gasteiger partial charge in [0.2, 0.25) is 17.7 Å². The van der Waals surface area contributed by atoms with Crippen molar-refractivity contribution in [2.75, 3.05) is 104 Å². The van der Waals surface area contributed by atoms with Gasteiger partial charge >= 0.3 is 6.09 Å². The molecule has 0 aromatic heterocycles. The lowest BCUT2D eigenvalue weighted by Crippen LogP contribution is -2.52. The van der Waals surface area contributed by atoms with Gasteiger partial charge in [-0.15, -0.1) is 0 Å². The summed E-state index contributed by atoms with van der Waals surface area (Å²) in [7, 11) is 2.93. The number of rotatable bonds is 36. The number of benzene rings is 3. The first-order valence-electron chi connectivity index (χ1n) is 34.3. The molecule has 5 N–H and O–H groups in total. The minimum Gasteiger partial charge on any atom is -0.493 e. The maximum atomic E-state index is 14.4. The number of hydrogen-bond donors (Lipinski definition) is 5. The van der Waals surface area contributed by atoms with Crippen molar-refractivity contribution in [1.82, 2.24) is 25.8 Å². The van der Waals surface area contributed by atoms with Crippen LogP contribution in [0.25, 0.3) is 0 Å². The van der Waals surface area contributed by atoms with Gasteiger partial charge in [0.15, 0.2) is 29.2 Å². The van der Waals surface area contributed by atoms with Crippen LogP contribution in [0, 0.1) is 11.8 Å². The lowest BCUT2D eigenvalue weighted by atomic mass is 9.93. The molecule has 24 nitrogen and oxygen atoms in total. The number of carbonyl (C=O) groups is 6. The van der Waals surface area contributed by atoms with Gasteiger partial charge in [0.25, 0.3) is 11.8 Å². The van der Waals surface area contributed by atoms with E-state index < -0.39 is 42.3 Å². The molecule has 97 heavy (non-hydrogen) atoms. The van der Waals surface area contributed by atoms with E-state index in [0.29, 0.717) is 132 Å². The highest BCUT2D eigenvalue weighted by molar-refractivity contribution is 6.07. The molecule has 0 spiro atoms. The van der Waals surface area contributed by atoms with E-state index >= 15 is 0 Å². The molecule has 3 aromatic rings. The van der Waals surface area contributed by atoms with E-state index in [1.54, 1.807) is 60.6 Å². The number of anilines is 2. The summed E-state index contributed by atoms with van der Waals surface area (Å²) in [5.74, 6) is 0.267.